The van der Waals surface area contributed by atoms with Crippen molar-refractivity contribution in [2.75, 3.05) is 25.4 Å². The third-order valence-corrected chi connectivity index (χ3v) is 4.89. The van der Waals surface area contributed by atoms with Gasteiger partial charge in [0.1, 0.15) is 4.88 Å². The van der Waals surface area contributed by atoms with Gasteiger partial charge in [-0.25, -0.2) is 0 Å². The number of hydrogen-bond acceptors (Lipinski definition) is 4. The van der Waals surface area contributed by atoms with E-state index in [1.807, 2.05) is 28.1 Å². The molecule has 1 atom stereocenters. The van der Waals surface area contributed by atoms with E-state index in [-0.39, 0.29) is 12.5 Å². The van der Waals surface area contributed by atoms with Gasteiger partial charge in [0.15, 0.2) is 0 Å². The van der Waals surface area contributed by atoms with Gasteiger partial charge in [0, 0.05) is 36.1 Å². The Balaban J connectivity index is 2.11. The quantitative estimate of drug-likeness (QED) is 0.849. The summed E-state index contributed by atoms with van der Waals surface area (Å²) in [5.74, 6) is 6.95. The van der Waals surface area contributed by atoms with Gasteiger partial charge in [-0.1, -0.05) is 18.8 Å². The maximum Gasteiger partial charge on any atom is 0.265 e. The molecule has 1 unspecified atom stereocenters. The summed E-state index contributed by atoms with van der Waals surface area (Å²) in [5, 5.41) is 11.1. The van der Waals surface area contributed by atoms with Crippen LogP contribution in [0.5, 0.6) is 0 Å². The molecule has 3 nitrogen and oxygen atoms in total. The van der Waals surface area contributed by atoms with Crippen LogP contribution in [-0.2, 0) is 0 Å². The molecule has 0 saturated carbocycles. The van der Waals surface area contributed by atoms with Crippen molar-refractivity contribution < 1.29 is 9.90 Å². The van der Waals surface area contributed by atoms with E-state index >= 15 is 0 Å². The summed E-state index contributed by atoms with van der Waals surface area (Å²) < 4.78 is 0. The molecule has 2 heterocycles. The molecule has 0 aromatic carbocycles. The molecule has 1 aliphatic heterocycles. The Labute approximate surface area is 122 Å². The Morgan fingerprint density at radius 3 is 3.21 bits per heavy atom. The maximum atomic E-state index is 12.5. The standard InChI is InChI=1S/C14H17NO2S2/c1-11-10-15(6-9-18-11)14(17)13-12(5-8-19-13)4-2-3-7-16/h5,8,11,16H,3,6-7,9-10H2,1H3. The molecule has 1 aromatic rings. The lowest BCUT2D eigenvalue weighted by molar-refractivity contribution is 0.0768. The lowest BCUT2D eigenvalue weighted by Crippen LogP contribution is -2.40. The number of aliphatic hydroxyl groups is 1. The topological polar surface area (TPSA) is 40.5 Å². The van der Waals surface area contributed by atoms with E-state index in [9.17, 15) is 4.79 Å². The molecular formula is C14H17NO2S2. The van der Waals surface area contributed by atoms with Crippen LogP contribution < -0.4 is 0 Å². The lowest BCUT2D eigenvalue weighted by atomic mass is 10.2. The summed E-state index contributed by atoms with van der Waals surface area (Å²) >= 11 is 3.36. The number of aliphatic hydroxyl groups excluding tert-OH is 1. The summed E-state index contributed by atoms with van der Waals surface area (Å²) in [5.41, 5.74) is 0.786. The normalized spacial score (nSPS) is 18.8. The van der Waals surface area contributed by atoms with Gasteiger partial charge in [-0.3, -0.25) is 4.79 Å². The van der Waals surface area contributed by atoms with Crippen molar-refractivity contribution in [3.05, 3.63) is 21.9 Å². The molecule has 1 N–H and O–H groups in total. The Kier molecular flexibility index (Phi) is 5.32. The average molecular weight is 295 g/mol. The van der Waals surface area contributed by atoms with Gasteiger partial charge in [0.05, 0.1) is 6.61 Å². The number of thiophene rings is 1. The molecule has 1 aromatic heterocycles. The first-order valence-corrected chi connectivity index (χ1v) is 8.23. The van der Waals surface area contributed by atoms with Gasteiger partial charge >= 0.3 is 0 Å². The number of nitrogens with zero attached hydrogens (tertiary/aromatic N) is 1. The van der Waals surface area contributed by atoms with E-state index in [2.05, 4.69) is 18.8 Å². The highest BCUT2D eigenvalue weighted by atomic mass is 32.2. The SMILES string of the molecule is CC1CN(C(=O)c2sccc2C#CCCO)CCS1. The highest BCUT2D eigenvalue weighted by Gasteiger charge is 2.24. The fraction of sp³-hybridized carbons (Fsp3) is 0.500. The van der Waals surface area contributed by atoms with Crippen molar-refractivity contribution in [2.45, 2.75) is 18.6 Å². The molecule has 102 valence electrons. The zero-order valence-corrected chi connectivity index (χ0v) is 12.5. The fourth-order valence-electron chi connectivity index (χ4n) is 1.93. The highest BCUT2D eigenvalue weighted by Crippen LogP contribution is 2.23. The predicted molar refractivity (Wildman–Crippen MR) is 80.7 cm³/mol. The summed E-state index contributed by atoms with van der Waals surface area (Å²) in [6.45, 7) is 3.84. The van der Waals surface area contributed by atoms with Gasteiger partial charge in [0.25, 0.3) is 5.91 Å². The van der Waals surface area contributed by atoms with Crippen molar-refractivity contribution >= 4 is 29.0 Å². The van der Waals surface area contributed by atoms with Gasteiger partial charge in [0.2, 0.25) is 0 Å². The largest absolute Gasteiger partial charge is 0.395 e. The van der Waals surface area contributed by atoms with E-state index < -0.39 is 0 Å². The first-order chi connectivity index (χ1) is 9.22. The van der Waals surface area contributed by atoms with Gasteiger partial charge < -0.3 is 10.0 Å². The lowest BCUT2D eigenvalue weighted by Gasteiger charge is -2.30. The number of amides is 1. The van der Waals surface area contributed by atoms with Crippen molar-refractivity contribution in [1.29, 1.82) is 0 Å². The predicted octanol–water partition coefficient (Wildman–Crippen LogP) is 2.06. The monoisotopic (exact) mass is 295 g/mol. The number of rotatable bonds is 2. The van der Waals surface area contributed by atoms with Crippen LogP contribution in [0.4, 0.5) is 0 Å². The van der Waals surface area contributed by atoms with Crippen LogP contribution in [0.2, 0.25) is 0 Å². The number of carbonyl (C=O) groups is 1. The molecule has 2 rings (SSSR count). The molecule has 1 aliphatic rings. The van der Waals surface area contributed by atoms with Crippen molar-refractivity contribution in [1.82, 2.24) is 4.90 Å². The second-order valence-electron chi connectivity index (χ2n) is 4.37. The Morgan fingerprint density at radius 1 is 1.63 bits per heavy atom. The first kappa shape index (κ1) is 14.4. The Morgan fingerprint density at radius 2 is 2.47 bits per heavy atom. The summed E-state index contributed by atoms with van der Waals surface area (Å²) in [6.07, 6.45) is 0.445. The van der Waals surface area contributed by atoms with Gasteiger partial charge in [-0.05, 0) is 11.4 Å². The minimum Gasteiger partial charge on any atom is -0.395 e. The van der Waals surface area contributed by atoms with Crippen LogP contribution in [0.15, 0.2) is 11.4 Å². The second kappa shape index (κ2) is 6.99. The molecule has 1 saturated heterocycles. The average Bonchev–Trinajstić information content (AvgIpc) is 2.86. The van der Waals surface area contributed by atoms with E-state index in [0.29, 0.717) is 11.7 Å². The van der Waals surface area contributed by atoms with E-state index in [0.717, 1.165) is 29.3 Å². The molecule has 0 radical (unpaired) electrons. The minimum atomic E-state index is 0.0568. The molecule has 0 bridgehead atoms. The van der Waals surface area contributed by atoms with E-state index in [1.165, 1.54) is 11.3 Å². The smallest absolute Gasteiger partial charge is 0.265 e. The molecule has 19 heavy (non-hydrogen) atoms. The Bertz CT molecular complexity index is 501. The summed E-state index contributed by atoms with van der Waals surface area (Å²) in [6, 6.07) is 1.88. The minimum absolute atomic E-state index is 0.0568. The Hall–Kier alpha value is -0.960. The van der Waals surface area contributed by atoms with Crippen LogP contribution in [0.3, 0.4) is 0 Å². The molecule has 1 fully saturated rings. The summed E-state index contributed by atoms with van der Waals surface area (Å²) in [4.78, 5) is 15.1. The summed E-state index contributed by atoms with van der Waals surface area (Å²) in [7, 11) is 0. The molecule has 1 amide bonds. The maximum absolute atomic E-state index is 12.5. The fourth-order valence-corrected chi connectivity index (χ4v) is 3.76. The van der Waals surface area contributed by atoms with Gasteiger partial charge in [-0.2, -0.15) is 11.8 Å². The molecule has 0 spiro atoms. The third kappa shape index (κ3) is 3.75. The first-order valence-electron chi connectivity index (χ1n) is 6.30. The van der Waals surface area contributed by atoms with Crippen molar-refractivity contribution in [2.24, 2.45) is 0 Å². The van der Waals surface area contributed by atoms with E-state index in [1.54, 1.807) is 0 Å². The van der Waals surface area contributed by atoms with Crippen LogP contribution in [0, 0.1) is 11.8 Å². The number of carbonyl (C=O) groups excluding carboxylic acids is 1. The highest BCUT2D eigenvalue weighted by molar-refractivity contribution is 7.99. The van der Waals surface area contributed by atoms with E-state index in [4.69, 9.17) is 5.11 Å². The van der Waals surface area contributed by atoms with Crippen molar-refractivity contribution in [3.63, 3.8) is 0 Å². The molecule has 5 heteroatoms. The zero-order chi connectivity index (χ0) is 13.7. The number of thioether (sulfide) groups is 1. The zero-order valence-electron chi connectivity index (χ0n) is 10.9. The van der Waals surface area contributed by atoms with Crippen molar-refractivity contribution in [3.8, 4) is 11.8 Å². The van der Waals surface area contributed by atoms with Crippen LogP contribution in [-0.4, -0.2) is 46.6 Å². The number of hydrogen-bond donors (Lipinski definition) is 1. The van der Waals surface area contributed by atoms with Crippen LogP contribution in [0.1, 0.15) is 28.6 Å². The third-order valence-electron chi connectivity index (χ3n) is 2.85. The van der Waals surface area contributed by atoms with Crippen LogP contribution >= 0.6 is 23.1 Å². The second-order valence-corrected chi connectivity index (χ2v) is 6.83. The molecule has 0 aliphatic carbocycles. The molecular weight excluding hydrogens is 278 g/mol. The van der Waals surface area contributed by atoms with Gasteiger partial charge in [-0.15, -0.1) is 11.3 Å². The van der Waals surface area contributed by atoms with Crippen LogP contribution in [0.25, 0.3) is 0 Å².